The van der Waals surface area contributed by atoms with Crippen LogP contribution >= 0.6 is 15.9 Å². The molecule has 0 spiro atoms. The van der Waals surface area contributed by atoms with E-state index in [2.05, 4.69) is 38.4 Å². The number of nitrogens with zero attached hydrogens (tertiary/aromatic N) is 1. The molecule has 10 heteroatoms. The number of amides is 1. The van der Waals surface area contributed by atoms with Gasteiger partial charge >= 0.3 is 11.9 Å². The number of anilines is 1. The summed E-state index contributed by atoms with van der Waals surface area (Å²) in [5.41, 5.74) is 4.46. The van der Waals surface area contributed by atoms with Gasteiger partial charge in [-0.25, -0.2) is 14.2 Å². The molecular weight excluding hydrogens is 607 g/mol. The van der Waals surface area contributed by atoms with Gasteiger partial charge in [-0.15, -0.1) is 0 Å². The molecular formula is C32H26BrFN2O6. The van der Waals surface area contributed by atoms with E-state index in [0.717, 1.165) is 40.5 Å². The summed E-state index contributed by atoms with van der Waals surface area (Å²) in [4.78, 5) is 41.1. The normalized spacial score (nSPS) is 12.6. The first-order valence-electron chi connectivity index (χ1n) is 13.2. The Morgan fingerprint density at radius 3 is 2.33 bits per heavy atom. The lowest BCUT2D eigenvalue weighted by Gasteiger charge is -2.19. The van der Waals surface area contributed by atoms with E-state index in [-0.39, 0.29) is 48.1 Å². The van der Waals surface area contributed by atoms with E-state index >= 15 is 0 Å². The second-order valence-corrected chi connectivity index (χ2v) is 10.7. The molecule has 0 bridgehead atoms. The molecule has 8 nitrogen and oxygen atoms in total. The van der Waals surface area contributed by atoms with E-state index in [4.69, 9.17) is 9.47 Å². The molecule has 214 valence electrons. The Bertz CT molecular complexity index is 1630. The van der Waals surface area contributed by atoms with Gasteiger partial charge in [0.25, 0.3) is 0 Å². The lowest BCUT2D eigenvalue weighted by atomic mass is 9.98. The molecule has 1 aliphatic carbocycles. The third-order valence-corrected chi connectivity index (χ3v) is 7.43. The molecule has 5 rings (SSSR count). The number of hydrogen-bond acceptors (Lipinski definition) is 6. The van der Waals surface area contributed by atoms with E-state index in [0.29, 0.717) is 4.47 Å². The molecule has 0 fully saturated rings. The first kappa shape index (κ1) is 28.9. The van der Waals surface area contributed by atoms with Gasteiger partial charge in [0, 0.05) is 28.6 Å². The van der Waals surface area contributed by atoms with Crippen molar-refractivity contribution in [1.82, 2.24) is 4.98 Å². The fourth-order valence-electron chi connectivity index (χ4n) is 5.02. The molecule has 42 heavy (non-hydrogen) atoms. The van der Waals surface area contributed by atoms with E-state index in [1.807, 2.05) is 36.4 Å². The number of ether oxygens (including phenoxy) is 2. The molecule has 1 atom stereocenters. The van der Waals surface area contributed by atoms with Gasteiger partial charge in [-0.05, 0) is 69.4 Å². The summed E-state index contributed by atoms with van der Waals surface area (Å²) in [6.45, 7) is 1.72. The minimum absolute atomic E-state index is 0.0656. The predicted octanol–water partition coefficient (Wildman–Crippen LogP) is 6.90. The maximum atomic E-state index is 13.9. The van der Waals surface area contributed by atoms with Crippen LogP contribution in [0.4, 0.5) is 10.2 Å². The van der Waals surface area contributed by atoms with Gasteiger partial charge in [-0.3, -0.25) is 9.59 Å². The average Bonchev–Trinajstić information content (AvgIpc) is 3.29. The molecule has 1 amide bonds. The Balaban J connectivity index is 1.19. The quantitative estimate of drug-likeness (QED) is 0.183. The smallest absolute Gasteiger partial charge is 0.336 e. The highest BCUT2D eigenvalue weighted by molar-refractivity contribution is 9.10. The Morgan fingerprint density at radius 2 is 1.67 bits per heavy atom. The van der Waals surface area contributed by atoms with Gasteiger partial charge in [0.2, 0.25) is 5.91 Å². The number of carbonyl (C=O) groups is 3. The Hall–Kier alpha value is -4.57. The number of rotatable bonds is 10. The molecule has 4 aromatic rings. The SMILES string of the molecule is C[C@@H](Oc1cc(Br)cnc1NC(=O)CCC(=O)OCC1c2ccccc2-c2ccccc21)c1cc(F)ccc1C(=O)O. The van der Waals surface area contributed by atoms with Gasteiger partial charge in [0.15, 0.2) is 11.6 Å². The molecule has 1 aromatic heterocycles. The van der Waals surface area contributed by atoms with Crippen LogP contribution in [-0.4, -0.2) is 34.5 Å². The van der Waals surface area contributed by atoms with Crippen LogP contribution in [0, 0.1) is 5.82 Å². The summed E-state index contributed by atoms with van der Waals surface area (Å²) < 4.78 is 25.9. The molecule has 3 aromatic carbocycles. The van der Waals surface area contributed by atoms with Crippen LogP contribution in [-0.2, 0) is 14.3 Å². The summed E-state index contributed by atoms with van der Waals surface area (Å²) in [6, 6.07) is 20.9. The van der Waals surface area contributed by atoms with Crippen molar-refractivity contribution < 1.29 is 33.4 Å². The number of aromatic nitrogens is 1. The van der Waals surface area contributed by atoms with Crippen molar-refractivity contribution >= 4 is 39.6 Å². The molecule has 2 N–H and O–H groups in total. The second-order valence-electron chi connectivity index (χ2n) is 9.76. The number of fused-ring (bicyclic) bond motifs is 3. The zero-order valence-electron chi connectivity index (χ0n) is 22.5. The fourth-order valence-corrected chi connectivity index (χ4v) is 5.33. The number of carboxylic acids is 1. The topological polar surface area (TPSA) is 115 Å². The zero-order valence-corrected chi connectivity index (χ0v) is 24.1. The van der Waals surface area contributed by atoms with Crippen LogP contribution in [0.15, 0.2) is 83.5 Å². The van der Waals surface area contributed by atoms with Crippen molar-refractivity contribution in [3.8, 4) is 16.9 Å². The average molecular weight is 633 g/mol. The molecule has 0 radical (unpaired) electrons. The number of carbonyl (C=O) groups excluding carboxylic acids is 2. The highest BCUT2D eigenvalue weighted by Crippen LogP contribution is 2.44. The number of esters is 1. The molecule has 0 unspecified atom stereocenters. The third kappa shape index (κ3) is 6.33. The van der Waals surface area contributed by atoms with Gasteiger partial charge in [0.1, 0.15) is 18.5 Å². The van der Waals surface area contributed by atoms with Crippen molar-refractivity contribution in [3.05, 3.63) is 112 Å². The molecule has 0 saturated carbocycles. The second kappa shape index (κ2) is 12.5. The van der Waals surface area contributed by atoms with Crippen molar-refractivity contribution in [3.63, 3.8) is 0 Å². The van der Waals surface area contributed by atoms with Crippen molar-refractivity contribution in [2.45, 2.75) is 31.8 Å². The summed E-state index contributed by atoms with van der Waals surface area (Å²) in [5.74, 6) is -2.72. The lowest BCUT2D eigenvalue weighted by molar-refractivity contribution is -0.144. The van der Waals surface area contributed by atoms with Crippen molar-refractivity contribution in [2.75, 3.05) is 11.9 Å². The minimum Gasteiger partial charge on any atom is -0.482 e. The van der Waals surface area contributed by atoms with Crippen LogP contribution in [0.25, 0.3) is 11.1 Å². The molecule has 0 saturated heterocycles. The number of halogens is 2. The number of carboxylic acid groups (broad SMARTS) is 1. The third-order valence-electron chi connectivity index (χ3n) is 6.99. The van der Waals surface area contributed by atoms with Crippen molar-refractivity contribution in [1.29, 1.82) is 0 Å². The van der Waals surface area contributed by atoms with Crippen LogP contribution in [0.1, 0.15) is 58.8 Å². The number of aromatic carboxylic acids is 1. The van der Waals surface area contributed by atoms with Gasteiger partial charge < -0.3 is 19.9 Å². The highest BCUT2D eigenvalue weighted by Gasteiger charge is 2.29. The maximum absolute atomic E-state index is 13.9. The van der Waals surface area contributed by atoms with Gasteiger partial charge in [0.05, 0.1) is 12.0 Å². The van der Waals surface area contributed by atoms with Gasteiger partial charge in [-0.2, -0.15) is 0 Å². The van der Waals surface area contributed by atoms with Crippen LogP contribution in [0.3, 0.4) is 0 Å². The fraction of sp³-hybridized carbons (Fsp3) is 0.188. The van der Waals surface area contributed by atoms with E-state index in [1.165, 1.54) is 6.20 Å². The number of pyridine rings is 1. The predicted molar refractivity (Wildman–Crippen MR) is 157 cm³/mol. The van der Waals surface area contributed by atoms with Gasteiger partial charge in [-0.1, -0.05) is 48.5 Å². The monoisotopic (exact) mass is 632 g/mol. The highest BCUT2D eigenvalue weighted by atomic mass is 79.9. The molecule has 0 aliphatic heterocycles. The minimum atomic E-state index is -1.23. The summed E-state index contributed by atoms with van der Waals surface area (Å²) in [6.07, 6.45) is 0.260. The van der Waals surface area contributed by atoms with Crippen LogP contribution in [0.2, 0.25) is 0 Å². The summed E-state index contributed by atoms with van der Waals surface area (Å²) >= 11 is 3.30. The Kier molecular flexibility index (Phi) is 8.63. The van der Waals surface area contributed by atoms with E-state index in [1.54, 1.807) is 13.0 Å². The van der Waals surface area contributed by atoms with E-state index in [9.17, 15) is 23.9 Å². The van der Waals surface area contributed by atoms with Crippen LogP contribution in [0.5, 0.6) is 5.75 Å². The Morgan fingerprint density at radius 1 is 1.00 bits per heavy atom. The number of benzene rings is 3. The first-order valence-corrected chi connectivity index (χ1v) is 14.0. The number of hydrogen-bond donors (Lipinski definition) is 2. The summed E-state index contributed by atoms with van der Waals surface area (Å²) in [5, 5.41) is 12.1. The first-order chi connectivity index (χ1) is 20.2. The largest absolute Gasteiger partial charge is 0.482 e. The standard InChI is InChI=1S/C32H26BrFN2O6/c1-18(26-15-20(34)10-11-25(26)32(39)40)42-28-14-19(33)16-35-31(28)36-29(37)12-13-30(38)41-17-27-23-8-4-2-6-21(23)22-7-3-5-9-24(22)27/h2-11,14-16,18,27H,12-13,17H2,1H3,(H,39,40)(H,35,36,37)/t18-/m1/s1. The van der Waals surface area contributed by atoms with E-state index < -0.39 is 29.8 Å². The zero-order chi connectivity index (χ0) is 29.8. The maximum Gasteiger partial charge on any atom is 0.336 e. The Labute approximate surface area is 249 Å². The van der Waals surface area contributed by atoms with Crippen molar-refractivity contribution in [2.24, 2.45) is 0 Å². The lowest BCUT2D eigenvalue weighted by Crippen LogP contribution is -2.18. The number of nitrogens with one attached hydrogen (secondary N) is 1. The molecule has 1 aliphatic rings. The molecule has 1 heterocycles. The summed E-state index contributed by atoms with van der Waals surface area (Å²) in [7, 11) is 0. The van der Waals surface area contributed by atoms with Crippen LogP contribution < -0.4 is 10.1 Å².